The third-order valence-electron chi connectivity index (χ3n) is 6.90. The number of nitrogens with one attached hydrogen (secondary N) is 2. The first-order valence-corrected chi connectivity index (χ1v) is 12.4. The fourth-order valence-electron chi connectivity index (χ4n) is 5.23. The number of rotatable bonds is 5. The number of benzene rings is 2. The zero-order chi connectivity index (χ0) is 25.3. The van der Waals surface area contributed by atoms with Crippen molar-refractivity contribution in [2.24, 2.45) is 5.41 Å². The minimum absolute atomic E-state index is 0.109. The summed E-state index contributed by atoms with van der Waals surface area (Å²) in [5, 5.41) is 6.61. The van der Waals surface area contributed by atoms with Crippen molar-refractivity contribution in [2.75, 3.05) is 16.8 Å². The summed E-state index contributed by atoms with van der Waals surface area (Å²) in [6.07, 6.45) is 2.96. The van der Waals surface area contributed by atoms with E-state index in [9.17, 15) is 9.59 Å². The Balaban J connectivity index is 1.58. The van der Waals surface area contributed by atoms with Gasteiger partial charge in [-0.25, -0.2) is 0 Å². The molecule has 2 N–H and O–H groups in total. The van der Waals surface area contributed by atoms with Crippen molar-refractivity contribution < 1.29 is 9.59 Å². The van der Waals surface area contributed by atoms with Crippen LogP contribution in [0.15, 0.2) is 84.2 Å². The second-order valence-electron chi connectivity index (χ2n) is 10.5. The second-order valence-corrected chi connectivity index (χ2v) is 10.5. The Morgan fingerprint density at radius 2 is 1.81 bits per heavy atom. The normalized spacial score (nSPS) is 18.6. The number of carbonyl (C=O) groups is 2. The molecule has 2 heterocycles. The van der Waals surface area contributed by atoms with Crippen molar-refractivity contribution in [1.82, 2.24) is 10.3 Å². The highest BCUT2D eigenvalue weighted by Gasteiger charge is 2.41. The van der Waals surface area contributed by atoms with Gasteiger partial charge < -0.3 is 15.5 Å². The molecule has 0 bridgehead atoms. The van der Waals surface area contributed by atoms with Crippen LogP contribution in [0.25, 0.3) is 0 Å². The van der Waals surface area contributed by atoms with Gasteiger partial charge in [0.05, 0.1) is 36.2 Å². The number of Topliss-reactive ketones (excluding diaryl/α,β-unsaturated/α-hetero) is 1. The fraction of sp³-hybridized carbons (Fsp3) is 0.300. The van der Waals surface area contributed by atoms with Crippen LogP contribution in [0.2, 0.25) is 0 Å². The van der Waals surface area contributed by atoms with Crippen LogP contribution in [-0.4, -0.2) is 23.2 Å². The Labute approximate surface area is 212 Å². The van der Waals surface area contributed by atoms with Crippen molar-refractivity contribution in [3.63, 3.8) is 0 Å². The van der Waals surface area contributed by atoms with E-state index in [-0.39, 0.29) is 29.7 Å². The van der Waals surface area contributed by atoms with E-state index >= 15 is 0 Å². The molecule has 1 atom stereocenters. The van der Waals surface area contributed by atoms with Gasteiger partial charge in [0.2, 0.25) is 5.91 Å². The topological polar surface area (TPSA) is 74.3 Å². The lowest BCUT2D eigenvalue weighted by Crippen LogP contribution is -2.42. The number of carbonyl (C=O) groups excluding carboxylic acids is 2. The summed E-state index contributed by atoms with van der Waals surface area (Å²) in [7, 11) is 0. The largest absolute Gasteiger partial charge is 0.357 e. The SMILES string of the molecule is Cc1ccc([C@@H]2C3=C(CC(C)(C)CC3=O)Nc3ccccc3N2CC(=O)NCc2ccccn2)cc1. The van der Waals surface area contributed by atoms with Crippen molar-refractivity contribution in [3.8, 4) is 0 Å². The Morgan fingerprint density at radius 1 is 1.06 bits per heavy atom. The molecule has 1 aliphatic heterocycles. The number of fused-ring (bicyclic) bond motifs is 1. The molecular formula is C30H32N4O2. The van der Waals surface area contributed by atoms with E-state index in [4.69, 9.17) is 0 Å². The first-order chi connectivity index (χ1) is 17.3. The lowest BCUT2D eigenvalue weighted by Gasteiger charge is -2.38. The van der Waals surface area contributed by atoms with Crippen LogP contribution in [0.4, 0.5) is 11.4 Å². The molecule has 1 amide bonds. The predicted octanol–water partition coefficient (Wildman–Crippen LogP) is 5.32. The van der Waals surface area contributed by atoms with E-state index in [1.54, 1.807) is 6.20 Å². The van der Waals surface area contributed by atoms with Gasteiger partial charge in [-0.1, -0.05) is 61.9 Å². The van der Waals surface area contributed by atoms with Gasteiger partial charge >= 0.3 is 0 Å². The Kier molecular flexibility index (Phi) is 6.35. The lowest BCUT2D eigenvalue weighted by molar-refractivity contribution is -0.121. The molecule has 5 rings (SSSR count). The molecule has 6 nitrogen and oxygen atoms in total. The van der Waals surface area contributed by atoms with Gasteiger partial charge in [0.25, 0.3) is 0 Å². The molecule has 0 saturated heterocycles. The molecule has 184 valence electrons. The number of ketones is 1. The van der Waals surface area contributed by atoms with Crippen LogP contribution in [0.3, 0.4) is 0 Å². The number of hydrogen-bond donors (Lipinski definition) is 2. The first-order valence-electron chi connectivity index (χ1n) is 12.4. The molecule has 0 radical (unpaired) electrons. The maximum absolute atomic E-state index is 13.7. The minimum atomic E-state index is -0.374. The molecule has 0 unspecified atom stereocenters. The minimum Gasteiger partial charge on any atom is -0.357 e. The number of nitrogens with zero attached hydrogens (tertiary/aromatic N) is 2. The number of hydrogen-bond acceptors (Lipinski definition) is 5. The average Bonchev–Trinajstić information content (AvgIpc) is 2.98. The number of aromatic nitrogens is 1. The summed E-state index contributed by atoms with van der Waals surface area (Å²) in [6, 6.07) is 21.5. The third kappa shape index (κ3) is 4.89. The van der Waals surface area contributed by atoms with E-state index in [2.05, 4.69) is 65.6 Å². The molecule has 0 fully saturated rings. The number of pyridine rings is 1. The van der Waals surface area contributed by atoms with Crippen molar-refractivity contribution in [2.45, 2.75) is 46.2 Å². The standard InChI is InChI=1S/C30H32N4O2/c1-20-11-13-21(14-12-20)29-28-24(16-30(2,3)17-26(28)35)33-23-9-4-5-10-25(23)34(29)19-27(36)32-18-22-8-6-7-15-31-22/h4-15,29,33H,16-19H2,1-3H3,(H,32,36)/t29-/m1/s1. The van der Waals surface area contributed by atoms with E-state index < -0.39 is 0 Å². The number of para-hydroxylation sites is 2. The molecule has 0 saturated carbocycles. The van der Waals surface area contributed by atoms with Crippen LogP contribution in [0, 0.1) is 12.3 Å². The van der Waals surface area contributed by atoms with Crippen molar-refractivity contribution in [1.29, 1.82) is 0 Å². The van der Waals surface area contributed by atoms with Gasteiger partial charge in [0.1, 0.15) is 0 Å². The Hall–Kier alpha value is -3.93. The first kappa shape index (κ1) is 23.8. The van der Waals surface area contributed by atoms with Crippen molar-refractivity contribution >= 4 is 23.1 Å². The number of anilines is 2. The molecule has 2 aromatic carbocycles. The summed E-state index contributed by atoms with van der Waals surface area (Å²) in [4.78, 5) is 33.4. The maximum Gasteiger partial charge on any atom is 0.239 e. The summed E-state index contributed by atoms with van der Waals surface area (Å²) in [5.74, 6) is 0.00577. The summed E-state index contributed by atoms with van der Waals surface area (Å²) < 4.78 is 0. The molecule has 2 aliphatic rings. The summed E-state index contributed by atoms with van der Waals surface area (Å²) >= 11 is 0. The Bertz CT molecular complexity index is 1310. The zero-order valence-electron chi connectivity index (χ0n) is 21.0. The van der Waals surface area contributed by atoms with E-state index in [1.165, 1.54) is 0 Å². The highest BCUT2D eigenvalue weighted by atomic mass is 16.2. The average molecular weight is 481 g/mol. The van der Waals surface area contributed by atoms with E-state index in [1.807, 2.05) is 42.5 Å². The lowest BCUT2D eigenvalue weighted by atomic mass is 9.73. The highest BCUT2D eigenvalue weighted by molar-refractivity contribution is 6.01. The third-order valence-corrected chi connectivity index (χ3v) is 6.90. The number of amides is 1. The van der Waals surface area contributed by atoms with Gasteiger partial charge in [-0.15, -0.1) is 0 Å². The van der Waals surface area contributed by atoms with Gasteiger partial charge in [-0.2, -0.15) is 0 Å². The molecule has 3 aromatic rings. The predicted molar refractivity (Wildman–Crippen MR) is 142 cm³/mol. The van der Waals surface area contributed by atoms with E-state index in [0.717, 1.165) is 45.9 Å². The highest BCUT2D eigenvalue weighted by Crippen LogP contribution is 2.48. The monoisotopic (exact) mass is 480 g/mol. The molecular weight excluding hydrogens is 448 g/mol. The smallest absolute Gasteiger partial charge is 0.239 e. The fourth-order valence-corrected chi connectivity index (χ4v) is 5.23. The maximum atomic E-state index is 13.7. The van der Waals surface area contributed by atoms with Crippen molar-refractivity contribution in [3.05, 3.63) is 101 Å². The number of allylic oxidation sites excluding steroid dienone is 1. The second kappa shape index (κ2) is 9.61. The van der Waals surface area contributed by atoms with Gasteiger partial charge in [0, 0.05) is 23.9 Å². The Morgan fingerprint density at radius 3 is 2.56 bits per heavy atom. The molecule has 1 aromatic heterocycles. The van der Waals surface area contributed by atoms with Gasteiger partial charge in [0.15, 0.2) is 5.78 Å². The van der Waals surface area contributed by atoms with E-state index in [0.29, 0.717) is 13.0 Å². The van der Waals surface area contributed by atoms with Crippen LogP contribution in [-0.2, 0) is 16.1 Å². The van der Waals surface area contributed by atoms with Crippen LogP contribution in [0.1, 0.15) is 49.6 Å². The zero-order valence-corrected chi connectivity index (χ0v) is 21.0. The summed E-state index contributed by atoms with van der Waals surface area (Å²) in [5.41, 5.74) is 6.32. The molecule has 0 spiro atoms. The molecule has 1 aliphatic carbocycles. The van der Waals surface area contributed by atoms with Crippen LogP contribution < -0.4 is 15.5 Å². The molecule has 6 heteroatoms. The van der Waals surface area contributed by atoms with Gasteiger partial charge in [-0.05, 0) is 48.6 Å². The van der Waals surface area contributed by atoms with Crippen LogP contribution in [0.5, 0.6) is 0 Å². The molecule has 36 heavy (non-hydrogen) atoms. The number of aryl methyl sites for hydroxylation is 1. The quantitative estimate of drug-likeness (QED) is 0.517. The van der Waals surface area contributed by atoms with Gasteiger partial charge in [-0.3, -0.25) is 14.6 Å². The summed E-state index contributed by atoms with van der Waals surface area (Å²) in [6.45, 7) is 6.78. The van der Waals surface area contributed by atoms with Crippen LogP contribution >= 0.6 is 0 Å².